The van der Waals surface area contributed by atoms with E-state index in [2.05, 4.69) is 32.7 Å². The maximum absolute atomic E-state index is 13.0. The SMILES string of the molecule is CCCCNC(=O)Nc1ccc(N2CCCC2)c(C(=O)NCCCN2CCOCC2)c1. The van der Waals surface area contributed by atoms with Gasteiger partial charge in [-0.05, 0) is 50.4 Å². The molecule has 1 aromatic carbocycles. The molecule has 8 nitrogen and oxygen atoms in total. The van der Waals surface area contributed by atoms with Gasteiger partial charge in [0.1, 0.15) is 0 Å². The molecule has 3 rings (SSSR count). The largest absolute Gasteiger partial charge is 0.379 e. The van der Waals surface area contributed by atoms with Crippen molar-refractivity contribution in [3.05, 3.63) is 23.8 Å². The Hall–Kier alpha value is -2.32. The van der Waals surface area contributed by atoms with E-state index in [0.717, 1.165) is 83.7 Å². The van der Waals surface area contributed by atoms with Crippen molar-refractivity contribution in [2.24, 2.45) is 0 Å². The van der Waals surface area contributed by atoms with Gasteiger partial charge in [-0.3, -0.25) is 9.69 Å². The Balaban J connectivity index is 1.59. The molecule has 31 heavy (non-hydrogen) atoms. The molecular formula is C23H37N5O3. The first-order valence-corrected chi connectivity index (χ1v) is 11.7. The normalized spacial score (nSPS) is 16.9. The lowest BCUT2D eigenvalue weighted by atomic mass is 10.1. The molecule has 0 spiro atoms. The Labute approximate surface area is 185 Å². The first-order valence-electron chi connectivity index (χ1n) is 11.7. The second-order valence-corrected chi connectivity index (χ2v) is 8.22. The molecule has 0 atom stereocenters. The van der Waals surface area contributed by atoms with Crippen LogP contribution in [0.25, 0.3) is 0 Å². The third-order valence-electron chi connectivity index (χ3n) is 5.80. The molecule has 2 heterocycles. The highest BCUT2D eigenvalue weighted by molar-refractivity contribution is 6.02. The lowest BCUT2D eigenvalue weighted by Crippen LogP contribution is -2.38. The smallest absolute Gasteiger partial charge is 0.319 e. The van der Waals surface area contributed by atoms with E-state index in [-0.39, 0.29) is 11.9 Å². The number of carbonyl (C=O) groups excluding carboxylic acids is 2. The zero-order valence-electron chi connectivity index (χ0n) is 18.8. The summed E-state index contributed by atoms with van der Waals surface area (Å²) in [4.78, 5) is 29.8. The monoisotopic (exact) mass is 431 g/mol. The summed E-state index contributed by atoms with van der Waals surface area (Å²) in [5.41, 5.74) is 2.20. The first kappa shape index (κ1) is 23.3. The standard InChI is InChI=1S/C23H37N5O3/c1-2-3-9-25-23(30)26-19-7-8-21(28-12-4-5-13-28)20(18-19)22(29)24-10-6-11-27-14-16-31-17-15-27/h7-8,18H,2-6,9-17H2,1H3,(H,24,29)(H2,25,26,30). The summed E-state index contributed by atoms with van der Waals surface area (Å²) in [6.45, 7) is 9.74. The van der Waals surface area contributed by atoms with Gasteiger partial charge in [-0.15, -0.1) is 0 Å². The van der Waals surface area contributed by atoms with Crippen LogP contribution in [0.2, 0.25) is 0 Å². The lowest BCUT2D eigenvalue weighted by molar-refractivity contribution is 0.0374. The van der Waals surface area contributed by atoms with Gasteiger partial charge in [0.05, 0.1) is 18.8 Å². The molecule has 2 aliphatic rings. The highest BCUT2D eigenvalue weighted by Crippen LogP contribution is 2.27. The Morgan fingerprint density at radius 3 is 2.48 bits per heavy atom. The fourth-order valence-electron chi connectivity index (χ4n) is 4.01. The van der Waals surface area contributed by atoms with Crippen molar-refractivity contribution < 1.29 is 14.3 Å². The molecule has 3 N–H and O–H groups in total. The molecule has 1 aromatic rings. The predicted octanol–water partition coefficient (Wildman–Crippen LogP) is 2.66. The van der Waals surface area contributed by atoms with Crippen molar-refractivity contribution in [2.75, 3.05) is 69.2 Å². The van der Waals surface area contributed by atoms with E-state index < -0.39 is 0 Å². The van der Waals surface area contributed by atoms with Crippen molar-refractivity contribution in [2.45, 2.75) is 39.0 Å². The summed E-state index contributed by atoms with van der Waals surface area (Å²) >= 11 is 0. The van der Waals surface area contributed by atoms with Crippen LogP contribution in [-0.2, 0) is 4.74 Å². The van der Waals surface area contributed by atoms with Crippen LogP contribution in [0.3, 0.4) is 0 Å². The molecule has 0 radical (unpaired) electrons. The van der Waals surface area contributed by atoms with Gasteiger partial charge in [0.15, 0.2) is 0 Å². The summed E-state index contributed by atoms with van der Waals surface area (Å²) in [6, 6.07) is 5.39. The fourth-order valence-corrected chi connectivity index (χ4v) is 4.01. The molecule has 0 aliphatic carbocycles. The number of nitrogens with zero attached hydrogens (tertiary/aromatic N) is 2. The Bertz CT molecular complexity index is 715. The minimum absolute atomic E-state index is 0.0843. The summed E-state index contributed by atoms with van der Waals surface area (Å²) in [5.74, 6) is -0.0843. The number of amides is 3. The quantitative estimate of drug-likeness (QED) is 0.496. The summed E-state index contributed by atoms with van der Waals surface area (Å²) in [5, 5.41) is 8.78. The topological polar surface area (TPSA) is 85.9 Å². The number of nitrogens with one attached hydrogen (secondary N) is 3. The summed E-state index contributed by atoms with van der Waals surface area (Å²) < 4.78 is 5.38. The minimum atomic E-state index is -0.237. The highest BCUT2D eigenvalue weighted by Gasteiger charge is 2.20. The van der Waals surface area contributed by atoms with E-state index in [4.69, 9.17) is 4.74 Å². The summed E-state index contributed by atoms with van der Waals surface area (Å²) in [6.07, 6.45) is 5.16. The maximum Gasteiger partial charge on any atom is 0.319 e. The number of hydrogen-bond donors (Lipinski definition) is 3. The molecule has 172 valence electrons. The molecule has 0 bridgehead atoms. The Morgan fingerprint density at radius 1 is 1.00 bits per heavy atom. The second kappa shape index (κ2) is 12.5. The molecule has 2 aliphatic heterocycles. The lowest BCUT2D eigenvalue weighted by Gasteiger charge is -2.26. The molecule has 2 saturated heterocycles. The number of morpholine rings is 1. The second-order valence-electron chi connectivity index (χ2n) is 8.22. The van der Waals surface area contributed by atoms with Crippen LogP contribution in [0.5, 0.6) is 0 Å². The van der Waals surface area contributed by atoms with Crippen LogP contribution < -0.4 is 20.9 Å². The van der Waals surface area contributed by atoms with E-state index in [1.807, 2.05) is 12.1 Å². The Kier molecular flexibility index (Phi) is 9.42. The van der Waals surface area contributed by atoms with Gasteiger partial charge in [0.25, 0.3) is 5.91 Å². The van der Waals surface area contributed by atoms with E-state index in [9.17, 15) is 9.59 Å². The number of benzene rings is 1. The van der Waals surface area contributed by atoms with Crippen LogP contribution in [0, 0.1) is 0 Å². The van der Waals surface area contributed by atoms with Gasteiger partial charge in [-0.1, -0.05) is 13.3 Å². The van der Waals surface area contributed by atoms with Gasteiger partial charge < -0.3 is 25.6 Å². The van der Waals surface area contributed by atoms with Crippen LogP contribution in [0.1, 0.15) is 49.4 Å². The average Bonchev–Trinajstić information content (AvgIpc) is 3.32. The molecule has 2 fully saturated rings. The first-order chi connectivity index (χ1) is 15.2. The van der Waals surface area contributed by atoms with Crippen LogP contribution in [0.4, 0.5) is 16.2 Å². The zero-order chi connectivity index (χ0) is 21.9. The van der Waals surface area contributed by atoms with Gasteiger partial charge in [0.2, 0.25) is 0 Å². The zero-order valence-corrected chi connectivity index (χ0v) is 18.8. The number of carbonyl (C=O) groups is 2. The highest BCUT2D eigenvalue weighted by atomic mass is 16.5. The molecule has 0 saturated carbocycles. The molecule has 0 aromatic heterocycles. The van der Waals surface area contributed by atoms with Crippen molar-refractivity contribution >= 4 is 23.3 Å². The maximum atomic E-state index is 13.0. The van der Waals surface area contributed by atoms with Crippen LogP contribution in [-0.4, -0.2) is 75.9 Å². The summed E-state index contributed by atoms with van der Waals surface area (Å²) in [7, 11) is 0. The third-order valence-corrected chi connectivity index (χ3v) is 5.80. The van der Waals surface area contributed by atoms with Crippen molar-refractivity contribution in [1.29, 1.82) is 0 Å². The molecular weight excluding hydrogens is 394 g/mol. The molecule has 3 amide bonds. The number of unbranched alkanes of at least 4 members (excludes halogenated alkanes) is 1. The van der Waals surface area contributed by atoms with Crippen molar-refractivity contribution in [3.8, 4) is 0 Å². The van der Waals surface area contributed by atoms with Gasteiger partial charge in [-0.2, -0.15) is 0 Å². The van der Waals surface area contributed by atoms with Crippen LogP contribution in [0.15, 0.2) is 18.2 Å². The van der Waals surface area contributed by atoms with Gasteiger partial charge in [-0.25, -0.2) is 4.79 Å². The van der Waals surface area contributed by atoms with Gasteiger partial charge >= 0.3 is 6.03 Å². The number of rotatable bonds is 10. The minimum Gasteiger partial charge on any atom is -0.379 e. The van der Waals surface area contributed by atoms with E-state index in [1.165, 1.54) is 0 Å². The number of ether oxygens (including phenoxy) is 1. The van der Waals surface area contributed by atoms with E-state index >= 15 is 0 Å². The van der Waals surface area contributed by atoms with Crippen molar-refractivity contribution in [3.63, 3.8) is 0 Å². The van der Waals surface area contributed by atoms with Crippen molar-refractivity contribution in [1.82, 2.24) is 15.5 Å². The number of anilines is 2. The Morgan fingerprint density at radius 2 is 1.74 bits per heavy atom. The molecule has 0 unspecified atom stereocenters. The molecule has 8 heteroatoms. The van der Waals surface area contributed by atoms with E-state index in [0.29, 0.717) is 24.3 Å². The predicted molar refractivity (Wildman–Crippen MR) is 124 cm³/mol. The fraction of sp³-hybridized carbons (Fsp3) is 0.652. The van der Waals surface area contributed by atoms with E-state index in [1.54, 1.807) is 6.07 Å². The third kappa shape index (κ3) is 7.40. The number of urea groups is 1. The average molecular weight is 432 g/mol. The van der Waals surface area contributed by atoms with Crippen LogP contribution >= 0.6 is 0 Å². The van der Waals surface area contributed by atoms with Gasteiger partial charge in [0, 0.05) is 50.6 Å². The number of hydrogen-bond acceptors (Lipinski definition) is 5.